The van der Waals surface area contributed by atoms with Gasteiger partial charge in [-0.1, -0.05) is 24.1 Å². The molecule has 0 saturated heterocycles. The number of nitriles is 1. The molecule has 1 aromatic carbocycles. The van der Waals surface area contributed by atoms with E-state index in [1.54, 1.807) is 24.3 Å². The first kappa shape index (κ1) is 13.6. The molecule has 1 saturated carbocycles. The molecule has 1 aliphatic carbocycles. The second-order valence-electron chi connectivity index (χ2n) is 4.62. The number of nitrogens with zero attached hydrogens (tertiary/aromatic N) is 1. The number of hydrogen-bond donors (Lipinski definition) is 1. The van der Waals surface area contributed by atoms with Crippen LogP contribution in [0.25, 0.3) is 0 Å². The Morgan fingerprint density at radius 3 is 2.63 bits per heavy atom. The zero-order chi connectivity index (χ0) is 13.7. The molecule has 3 nitrogen and oxygen atoms in total. The van der Waals surface area contributed by atoms with Gasteiger partial charge in [0.1, 0.15) is 11.6 Å². The van der Waals surface area contributed by atoms with Crippen LogP contribution in [0.3, 0.4) is 0 Å². The summed E-state index contributed by atoms with van der Waals surface area (Å²) >= 11 is 5.86. The summed E-state index contributed by atoms with van der Waals surface area (Å²) < 4.78 is 0. The van der Waals surface area contributed by atoms with Crippen molar-refractivity contribution in [3.63, 3.8) is 0 Å². The van der Waals surface area contributed by atoms with Gasteiger partial charge in [-0.15, -0.1) is 0 Å². The van der Waals surface area contributed by atoms with Gasteiger partial charge < -0.3 is 5.32 Å². The molecule has 0 radical (unpaired) electrons. The van der Waals surface area contributed by atoms with Crippen molar-refractivity contribution < 1.29 is 4.79 Å². The van der Waals surface area contributed by atoms with E-state index in [1.165, 1.54) is 6.42 Å². The molecule has 1 fully saturated rings. The van der Waals surface area contributed by atoms with Crippen molar-refractivity contribution in [3.8, 4) is 6.07 Å². The highest BCUT2D eigenvalue weighted by Crippen LogP contribution is 2.26. The third-order valence-electron chi connectivity index (χ3n) is 3.23. The Labute approximate surface area is 117 Å². The van der Waals surface area contributed by atoms with Crippen LogP contribution < -0.4 is 5.32 Å². The van der Waals surface area contributed by atoms with Gasteiger partial charge in [0.25, 0.3) is 5.91 Å². The second kappa shape index (κ2) is 6.40. The number of benzene rings is 1. The van der Waals surface area contributed by atoms with Gasteiger partial charge in [0.15, 0.2) is 0 Å². The number of rotatable bonds is 2. The third-order valence-corrected chi connectivity index (χ3v) is 3.47. The maximum atomic E-state index is 12.1. The molecular weight excluding hydrogens is 260 g/mol. The highest BCUT2D eigenvalue weighted by Gasteiger charge is 2.17. The molecule has 0 aliphatic heterocycles. The van der Waals surface area contributed by atoms with E-state index in [9.17, 15) is 10.1 Å². The molecule has 0 spiro atoms. The molecule has 0 heterocycles. The Kier molecular flexibility index (Phi) is 4.59. The first-order chi connectivity index (χ1) is 9.20. The van der Waals surface area contributed by atoms with E-state index in [1.807, 2.05) is 6.07 Å². The van der Waals surface area contributed by atoms with Crippen molar-refractivity contribution in [2.24, 2.45) is 0 Å². The molecule has 1 amide bonds. The van der Waals surface area contributed by atoms with Crippen LogP contribution in [0, 0.1) is 11.3 Å². The van der Waals surface area contributed by atoms with Gasteiger partial charge in [0.05, 0.1) is 0 Å². The second-order valence-corrected chi connectivity index (χ2v) is 5.05. The van der Waals surface area contributed by atoms with E-state index in [-0.39, 0.29) is 11.5 Å². The first-order valence-corrected chi connectivity index (χ1v) is 6.77. The normalized spacial score (nSPS) is 14.6. The quantitative estimate of drug-likeness (QED) is 0.653. The summed E-state index contributed by atoms with van der Waals surface area (Å²) in [6.45, 7) is 0. The summed E-state index contributed by atoms with van der Waals surface area (Å²) in [7, 11) is 0. The van der Waals surface area contributed by atoms with E-state index in [2.05, 4.69) is 5.32 Å². The molecule has 1 aliphatic rings. The zero-order valence-corrected chi connectivity index (χ0v) is 11.3. The van der Waals surface area contributed by atoms with Gasteiger partial charge in [-0.2, -0.15) is 5.26 Å². The maximum Gasteiger partial charge on any atom is 0.266 e. The Morgan fingerprint density at radius 1 is 1.26 bits per heavy atom. The van der Waals surface area contributed by atoms with E-state index < -0.39 is 0 Å². The predicted molar refractivity (Wildman–Crippen MR) is 75.8 cm³/mol. The number of amides is 1. The fourth-order valence-corrected chi connectivity index (χ4v) is 2.47. The lowest BCUT2D eigenvalue weighted by Crippen LogP contribution is -2.16. The standard InChI is InChI=1S/C15H15ClN2O/c16-12-7-4-8-13(9-12)18-15(19)14(10-17)11-5-2-1-3-6-11/h4,7-9H,1-3,5-6H2,(H,18,19). The topological polar surface area (TPSA) is 52.9 Å². The van der Waals surface area contributed by atoms with Crippen LogP contribution in [-0.4, -0.2) is 5.91 Å². The monoisotopic (exact) mass is 274 g/mol. The van der Waals surface area contributed by atoms with Crippen LogP contribution >= 0.6 is 11.6 Å². The average Bonchev–Trinajstić information content (AvgIpc) is 2.41. The van der Waals surface area contributed by atoms with Crippen LogP contribution in [0.1, 0.15) is 32.1 Å². The molecule has 98 valence electrons. The number of hydrogen-bond acceptors (Lipinski definition) is 2. The van der Waals surface area contributed by atoms with Gasteiger partial charge in [0.2, 0.25) is 0 Å². The van der Waals surface area contributed by atoms with Crippen LogP contribution in [0.4, 0.5) is 5.69 Å². The summed E-state index contributed by atoms with van der Waals surface area (Å²) in [5.74, 6) is -0.332. The van der Waals surface area contributed by atoms with Gasteiger partial charge in [-0.3, -0.25) is 4.79 Å². The summed E-state index contributed by atoms with van der Waals surface area (Å²) in [6.07, 6.45) is 5.01. The van der Waals surface area contributed by atoms with Gasteiger partial charge >= 0.3 is 0 Å². The molecular formula is C15H15ClN2O. The average molecular weight is 275 g/mol. The molecule has 0 unspecified atom stereocenters. The van der Waals surface area contributed by atoms with E-state index in [0.29, 0.717) is 10.7 Å². The van der Waals surface area contributed by atoms with Crippen molar-refractivity contribution in [2.45, 2.75) is 32.1 Å². The highest BCUT2D eigenvalue weighted by atomic mass is 35.5. The third kappa shape index (κ3) is 3.59. The van der Waals surface area contributed by atoms with Crippen molar-refractivity contribution in [2.75, 3.05) is 5.32 Å². The van der Waals surface area contributed by atoms with Crippen LogP contribution in [-0.2, 0) is 4.79 Å². The minimum atomic E-state index is -0.332. The van der Waals surface area contributed by atoms with Crippen molar-refractivity contribution in [1.82, 2.24) is 0 Å². The summed E-state index contributed by atoms with van der Waals surface area (Å²) in [6, 6.07) is 8.96. The lowest BCUT2D eigenvalue weighted by molar-refractivity contribution is -0.112. The van der Waals surface area contributed by atoms with E-state index >= 15 is 0 Å². The molecule has 1 aromatic rings. The van der Waals surface area contributed by atoms with Gasteiger partial charge in [0, 0.05) is 10.7 Å². The SMILES string of the molecule is N#CC(C(=O)Nc1cccc(Cl)c1)=C1CCCCC1. The number of allylic oxidation sites excluding steroid dienone is 1. The van der Waals surface area contributed by atoms with E-state index in [0.717, 1.165) is 31.3 Å². The Bertz CT molecular complexity index is 550. The van der Waals surface area contributed by atoms with E-state index in [4.69, 9.17) is 11.6 Å². The summed E-state index contributed by atoms with van der Waals surface area (Å²) in [5.41, 5.74) is 1.86. The molecule has 0 bridgehead atoms. The minimum absolute atomic E-state index is 0.264. The number of nitrogens with one attached hydrogen (secondary N) is 1. The molecule has 0 aromatic heterocycles. The fourth-order valence-electron chi connectivity index (χ4n) is 2.28. The van der Waals surface area contributed by atoms with Gasteiger partial charge in [-0.05, 0) is 49.5 Å². The fraction of sp³-hybridized carbons (Fsp3) is 0.333. The molecule has 0 atom stereocenters. The highest BCUT2D eigenvalue weighted by molar-refractivity contribution is 6.31. The molecule has 4 heteroatoms. The van der Waals surface area contributed by atoms with Crippen molar-refractivity contribution in [3.05, 3.63) is 40.4 Å². The van der Waals surface area contributed by atoms with Crippen LogP contribution in [0.2, 0.25) is 5.02 Å². The molecule has 1 N–H and O–H groups in total. The molecule has 2 rings (SSSR count). The smallest absolute Gasteiger partial charge is 0.266 e. The number of anilines is 1. The van der Waals surface area contributed by atoms with Gasteiger partial charge in [-0.25, -0.2) is 0 Å². The number of carbonyl (C=O) groups is 1. The Balaban J connectivity index is 2.16. The Hall–Kier alpha value is -1.79. The first-order valence-electron chi connectivity index (χ1n) is 6.40. The van der Waals surface area contributed by atoms with Crippen LogP contribution in [0.5, 0.6) is 0 Å². The minimum Gasteiger partial charge on any atom is -0.321 e. The zero-order valence-electron chi connectivity index (χ0n) is 10.6. The maximum absolute atomic E-state index is 12.1. The molecule has 19 heavy (non-hydrogen) atoms. The van der Waals surface area contributed by atoms with Crippen LogP contribution in [0.15, 0.2) is 35.4 Å². The summed E-state index contributed by atoms with van der Waals surface area (Å²) in [4.78, 5) is 12.1. The lowest BCUT2D eigenvalue weighted by Gasteiger charge is -2.15. The number of carbonyl (C=O) groups excluding carboxylic acids is 1. The van der Waals surface area contributed by atoms with Crippen molar-refractivity contribution >= 4 is 23.2 Å². The summed E-state index contributed by atoms with van der Waals surface area (Å²) in [5, 5.41) is 12.5. The van der Waals surface area contributed by atoms with Crippen molar-refractivity contribution in [1.29, 1.82) is 5.26 Å². The largest absolute Gasteiger partial charge is 0.321 e. The lowest BCUT2D eigenvalue weighted by atomic mass is 9.91. The number of halogens is 1. The Morgan fingerprint density at radius 2 is 2.00 bits per heavy atom. The predicted octanol–water partition coefficient (Wildman–Crippen LogP) is 4.06.